The van der Waals surface area contributed by atoms with Crippen LogP contribution in [-0.4, -0.2) is 13.3 Å². The molecule has 0 aliphatic rings. The predicted octanol–water partition coefficient (Wildman–Crippen LogP) is -2.09. The highest BCUT2D eigenvalue weighted by molar-refractivity contribution is 5.34. The van der Waals surface area contributed by atoms with Crippen molar-refractivity contribution in [1.29, 1.82) is 0 Å². The van der Waals surface area contributed by atoms with Crippen LogP contribution in [0.2, 0.25) is 0 Å². The first-order valence-electron chi connectivity index (χ1n) is 3.43. The van der Waals surface area contributed by atoms with Gasteiger partial charge in [0, 0.05) is 12.1 Å². The molecular weight excluding hydrogens is 181 g/mol. The fraction of sp³-hybridized carbons (Fsp3) is 0.250. The Morgan fingerprint density at radius 3 is 2.33 bits per heavy atom. The number of halogens is 2. The van der Waals surface area contributed by atoms with Gasteiger partial charge in [-0.05, 0) is 12.1 Å². The Hall–Kier alpha value is -0.800. The van der Waals surface area contributed by atoms with Crippen LogP contribution in [0.1, 0.15) is 0 Å². The van der Waals surface area contributed by atoms with E-state index in [1.807, 2.05) is 12.1 Å². The monoisotopic (exact) mass is 191 g/mol. The third-order valence-corrected chi connectivity index (χ3v) is 1.27. The van der Waals surface area contributed by atoms with E-state index in [4.69, 9.17) is 4.74 Å². The maximum atomic E-state index is 11.6. The van der Waals surface area contributed by atoms with Gasteiger partial charge in [-0.2, -0.15) is 0 Å². The second-order valence-corrected chi connectivity index (χ2v) is 2.18. The van der Waals surface area contributed by atoms with Crippen LogP contribution < -0.4 is 22.9 Å². The maximum Gasteiger partial charge on any atom is 0.128 e. The van der Waals surface area contributed by atoms with Crippen molar-refractivity contribution in [2.45, 2.75) is 0 Å². The van der Waals surface area contributed by atoms with Crippen molar-refractivity contribution in [3.05, 3.63) is 24.3 Å². The molecule has 68 valence electrons. The summed E-state index contributed by atoms with van der Waals surface area (Å²) in [5.74, 6) is 0.690. The summed E-state index contributed by atoms with van der Waals surface area (Å²) < 4.78 is 16.6. The van der Waals surface area contributed by atoms with E-state index in [-0.39, 0.29) is 19.0 Å². The van der Waals surface area contributed by atoms with E-state index in [9.17, 15) is 4.39 Å². The van der Waals surface area contributed by atoms with Gasteiger partial charge < -0.3 is 22.9 Å². The predicted molar refractivity (Wildman–Crippen MR) is 40.5 cm³/mol. The van der Waals surface area contributed by atoms with Crippen LogP contribution >= 0.6 is 0 Å². The van der Waals surface area contributed by atoms with E-state index in [0.717, 1.165) is 5.69 Å². The molecule has 0 aromatic heterocycles. The molecule has 0 aliphatic carbocycles. The number of ether oxygens (including phenoxy) is 1. The topological polar surface area (TPSA) is 36.9 Å². The van der Waals surface area contributed by atoms with Crippen molar-refractivity contribution in [2.24, 2.45) is 0 Å². The van der Waals surface area contributed by atoms with Gasteiger partial charge in [-0.3, -0.25) is 0 Å². The third-order valence-electron chi connectivity index (χ3n) is 1.27. The molecule has 12 heavy (non-hydrogen) atoms. The van der Waals surface area contributed by atoms with E-state index >= 15 is 0 Å². The van der Waals surface area contributed by atoms with Crippen LogP contribution in [0.5, 0.6) is 5.75 Å². The summed E-state index contributed by atoms with van der Waals surface area (Å²) in [5, 5.41) is 0. The first-order chi connectivity index (χ1) is 5.33. The fourth-order valence-corrected chi connectivity index (χ4v) is 0.742. The molecule has 0 radical (unpaired) electrons. The molecule has 0 unspecified atom stereocenters. The molecule has 4 heteroatoms. The molecule has 0 bridgehead atoms. The van der Waals surface area contributed by atoms with Gasteiger partial charge in [0.15, 0.2) is 0 Å². The molecular formula is C8H11ClFNO. The summed E-state index contributed by atoms with van der Waals surface area (Å²) in [6, 6.07) is 7.21. The van der Waals surface area contributed by atoms with Crippen molar-refractivity contribution in [2.75, 3.05) is 13.3 Å². The second kappa shape index (κ2) is 5.80. The minimum atomic E-state index is -0.452. The van der Waals surface area contributed by atoms with Crippen molar-refractivity contribution < 1.29 is 27.3 Å². The van der Waals surface area contributed by atoms with Crippen LogP contribution in [0, 0.1) is 0 Å². The molecule has 0 atom stereocenters. The van der Waals surface area contributed by atoms with Gasteiger partial charge >= 0.3 is 0 Å². The lowest BCUT2D eigenvalue weighted by atomic mass is 10.3. The molecule has 3 N–H and O–H groups in total. The molecule has 0 amide bonds. The lowest BCUT2D eigenvalue weighted by Gasteiger charge is -2.01. The summed E-state index contributed by atoms with van der Waals surface area (Å²) in [4.78, 5) is 0. The lowest BCUT2D eigenvalue weighted by molar-refractivity contribution is -0.254. The Morgan fingerprint density at radius 2 is 1.83 bits per heavy atom. The molecule has 2 nitrogen and oxygen atoms in total. The summed E-state index contributed by atoms with van der Waals surface area (Å²) in [7, 11) is 0. The Kier molecular flexibility index (Phi) is 5.41. The van der Waals surface area contributed by atoms with Crippen molar-refractivity contribution in [1.82, 2.24) is 0 Å². The number of hydrogen-bond donors (Lipinski definition) is 1. The minimum Gasteiger partial charge on any atom is -1.00 e. The highest BCUT2D eigenvalue weighted by atomic mass is 35.5. The maximum absolute atomic E-state index is 11.6. The van der Waals surface area contributed by atoms with Crippen LogP contribution in [0.4, 0.5) is 10.1 Å². The molecule has 0 fully saturated rings. The first-order valence-corrected chi connectivity index (χ1v) is 3.43. The molecule has 1 rings (SSSR count). The fourth-order valence-electron chi connectivity index (χ4n) is 0.742. The van der Waals surface area contributed by atoms with Crippen LogP contribution in [0.15, 0.2) is 24.3 Å². The van der Waals surface area contributed by atoms with E-state index in [1.165, 1.54) is 0 Å². The average molecular weight is 192 g/mol. The van der Waals surface area contributed by atoms with Crippen LogP contribution in [-0.2, 0) is 0 Å². The SMILES string of the molecule is [Cl-].[NH3+]c1ccc(OCCF)cc1. The quantitative estimate of drug-likeness (QED) is 0.585. The average Bonchev–Trinajstić information content (AvgIpc) is 2.04. The summed E-state index contributed by atoms with van der Waals surface area (Å²) in [6.07, 6.45) is 0. The highest BCUT2D eigenvalue weighted by Gasteiger charge is 1.92. The molecule has 0 saturated carbocycles. The zero-order chi connectivity index (χ0) is 8.10. The number of quaternary nitrogens is 1. The van der Waals surface area contributed by atoms with Crippen LogP contribution in [0.3, 0.4) is 0 Å². The lowest BCUT2D eigenvalue weighted by Crippen LogP contribution is -3.00. The van der Waals surface area contributed by atoms with Gasteiger partial charge in [-0.1, -0.05) is 0 Å². The molecule has 0 aliphatic heterocycles. The number of hydrogen-bond acceptors (Lipinski definition) is 1. The Morgan fingerprint density at radius 1 is 1.25 bits per heavy atom. The summed E-state index contributed by atoms with van der Waals surface area (Å²) >= 11 is 0. The van der Waals surface area contributed by atoms with Gasteiger partial charge in [0.25, 0.3) is 0 Å². The van der Waals surface area contributed by atoms with Gasteiger partial charge in [0.2, 0.25) is 0 Å². The number of alkyl halides is 1. The van der Waals surface area contributed by atoms with E-state index in [1.54, 1.807) is 12.1 Å². The zero-order valence-corrected chi connectivity index (χ0v) is 7.35. The second-order valence-electron chi connectivity index (χ2n) is 2.18. The van der Waals surface area contributed by atoms with Crippen molar-refractivity contribution >= 4 is 5.69 Å². The molecule has 0 saturated heterocycles. The standard InChI is InChI=1S/C8H10FNO.ClH/c9-5-6-11-8-3-1-7(10)2-4-8;/h1-4H,5-6,10H2;1H. The summed E-state index contributed by atoms with van der Waals surface area (Å²) in [6.45, 7) is -0.331. The van der Waals surface area contributed by atoms with Gasteiger partial charge in [-0.15, -0.1) is 0 Å². The van der Waals surface area contributed by atoms with Gasteiger partial charge in [0.1, 0.15) is 24.7 Å². The van der Waals surface area contributed by atoms with Crippen molar-refractivity contribution in [3.63, 3.8) is 0 Å². The third kappa shape index (κ3) is 3.55. The minimum absolute atomic E-state index is 0. The zero-order valence-electron chi connectivity index (χ0n) is 6.59. The molecule has 1 aromatic rings. The van der Waals surface area contributed by atoms with E-state index in [2.05, 4.69) is 5.73 Å². The Bertz CT molecular complexity index is 215. The van der Waals surface area contributed by atoms with Crippen molar-refractivity contribution in [3.8, 4) is 5.75 Å². The molecule has 0 spiro atoms. The molecule has 1 aromatic carbocycles. The smallest absolute Gasteiger partial charge is 0.128 e. The van der Waals surface area contributed by atoms with Gasteiger partial charge in [-0.25, -0.2) is 4.39 Å². The first kappa shape index (κ1) is 11.2. The van der Waals surface area contributed by atoms with Crippen LogP contribution in [0.25, 0.3) is 0 Å². The molecule has 0 heterocycles. The van der Waals surface area contributed by atoms with E-state index in [0.29, 0.717) is 5.75 Å². The van der Waals surface area contributed by atoms with E-state index < -0.39 is 6.67 Å². The number of benzene rings is 1. The largest absolute Gasteiger partial charge is 1.00 e. The number of rotatable bonds is 3. The Labute approximate surface area is 76.9 Å². The highest BCUT2D eigenvalue weighted by Crippen LogP contribution is 2.11. The van der Waals surface area contributed by atoms with Gasteiger partial charge in [0.05, 0.1) is 0 Å². The normalized spacial score (nSPS) is 8.83. The Balaban J connectivity index is 0.00000121. The summed E-state index contributed by atoms with van der Waals surface area (Å²) in [5.41, 5.74) is 4.64.